The van der Waals surface area contributed by atoms with Crippen molar-refractivity contribution in [1.29, 1.82) is 0 Å². The Labute approximate surface area is 200 Å². The first-order valence-electron chi connectivity index (χ1n) is 11.4. The lowest BCUT2D eigenvalue weighted by Crippen LogP contribution is -3.00. The molecule has 31 heavy (non-hydrogen) atoms. The van der Waals surface area contributed by atoms with Gasteiger partial charge in [0.1, 0.15) is 17.2 Å². The molecular formula is C27H28IN3. The van der Waals surface area contributed by atoms with Crippen LogP contribution in [0.1, 0.15) is 38.2 Å². The van der Waals surface area contributed by atoms with Gasteiger partial charge in [0.05, 0.1) is 0 Å². The molecule has 3 nitrogen and oxygen atoms in total. The minimum absolute atomic E-state index is 0. The number of hydrogen-bond donors (Lipinski definition) is 0. The van der Waals surface area contributed by atoms with Gasteiger partial charge >= 0.3 is 0 Å². The van der Waals surface area contributed by atoms with E-state index in [0.717, 1.165) is 6.42 Å². The van der Waals surface area contributed by atoms with E-state index in [0.29, 0.717) is 0 Å². The zero-order valence-electron chi connectivity index (χ0n) is 18.0. The zero-order chi connectivity index (χ0) is 20.1. The second-order valence-corrected chi connectivity index (χ2v) is 8.72. The molecule has 1 saturated heterocycles. The molecule has 6 rings (SSSR count). The van der Waals surface area contributed by atoms with Crippen molar-refractivity contribution in [1.82, 2.24) is 4.40 Å². The Balaban J connectivity index is 0.00000204. The summed E-state index contributed by atoms with van der Waals surface area (Å²) >= 11 is 0. The summed E-state index contributed by atoms with van der Waals surface area (Å²) in [4.78, 5) is 2.54. The maximum Gasteiger partial charge on any atom is 0.292 e. The molecule has 0 radical (unpaired) electrons. The average molecular weight is 521 g/mol. The highest BCUT2D eigenvalue weighted by molar-refractivity contribution is 5.87. The van der Waals surface area contributed by atoms with Crippen LogP contribution in [0, 0.1) is 0 Å². The highest BCUT2D eigenvalue weighted by Crippen LogP contribution is 2.26. The summed E-state index contributed by atoms with van der Waals surface area (Å²) in [5.41, 5.74) is 7.78. The molecule has 1 aliphatic heterocycles. The Kier molecular flexibility index (Phi) is 5.51. The molecule has 0 bridgehead atoms. The fourth-order valence-corrected chi connectivity index (χ4v) is 5.19. The molecule has 3 aromatic heterocycles. The van der Waals surface area contributed by atoms with E-state index in [1.807, 2.05) is 0 Å². The summed E-state index contributed by atoms with van der Waals surface area (Å²) < 4.78 is 4.74. The van der Waals surface area contributed by atoms with E-state index in [2.05, 4.69) is 87.5 Å². The first-order valence-corrected chi connectivity index (χ1v) is 11.4. The summed E-state index contributed by atoms with van der Waals surface area (Å²) in [5, 5.41) is 2.62. The monoisotopic (exact) mass is 521 g/mol. The van der Waals surface area contributed by atoms with Crippen molar-refractivity contribution in [3.63, 3.8) is 0 Å². The fraction of sp³-hybridized carbons (Fsp3) is 0.296. The van der Waals surface area contributed by atoms with Gasteiger partial charge in [0, 0.05) is 35.6 Å². The topological polar surface area (TPSA) is 11.8 Å². The van der Waals surface area contributed by atoms with Crippen molar-refractivity contribution in [2.45, 2.75) is 39.0 Å². The molecule has 5 aromatic rings. The SMILES string of the molecule is CCCc1ccc2c(ccc3c[n+]4c5ccc(N6CCCCC6)cc5ccc4n32)c1.[I-]. The Morgan fingerprint density at radius 2 is 1.68 bits per heavy atom. The summed E-state index contributed by atoms with van der Waals surface area (Å²) in [7, 11) is 0. The fourth-order valence-electron chi connectivity index (χ4n) is 5.19. The number of aryl methyl sites for hydroxylation is 1. The van der Waals surface area contributed by atoms with Crippen molar-refractivity contribution < 1.29 is 28.4 Å². The van der Waals surface area contributed by atoms with Gasteiger partial charge in [-0.25, -0.2) is 0 Å². The van der Waals surface area contributed by atoms with E-state index >= 15 is 0 Å². The number of anilines is 1. The number of piperidine rings is 1. The Morgan fingerprint density at radius 1 is 0.839 bits per heavy atom. The second-order valence-electron chi connectivity index (χ2n) is 8.72. The van der Waals surface area contributed by atoms with Gasteiger partial charge in [-0.05, 0) is 79.8 Å². The van der Waals surface area contributed by atoms with Crippen LogP contribution < -0.4 is 33.3 Å². The largest absolute Gasteiger partial charge is 1.00 e. The number of rotatable bonds is 3. The lowest BCUT2D eigenvalue weighted by Gasteiger charge is -2.28. The molecule has 0 spiro atoms. The predicted octanol–water partition coefficient (Wildman–Crippen LogP) is 2.93. The normalized spacial score (nSPS) is 14.5. The maximum absolute atomic E-state index is 2.54. The van der Waals surface area contributed by atoms with Crippen LogP contribution in [-0.2, 0) is 6.42 Å². The number of hydrogen-bond acceptors (Lipinski definition) is 1. The number of imidazole rings is 1. The maximum atomic E-state index is 2.54. The molecular weight excluding hydrogens is 493 g/mol. The van der Waals surface area contributed by atoms with E-state index in [-0.39, 0.29) is 24.0 Å². The second kappa shape index (κ2) is 8.30. The summed E-state index contributed by atoms with van der Waals surface area (Å²) in [6, 6.07) is 23.0. The first-order chi connectivity index (χ1) is 14.8. The summed E-state index contributed by atoms with van der Waals surface area (Å²) in [6.07, 6.45) is 8.58. The summed E-state index contributed by atoms with van der Waals surface area (Å²) in [6.45, 7) is 4.61. The molecule has 0 aliphatic carbocycles. The van der Waals surface area contributed by atoms with Crippen LogP contribution in [0.25, 0.3) is 33.0 Å². The average Bonchev–Trinajstić information content (AvgIpc) is 3.19. The number of fused-ring (bicyclic) bond motifs is 7. The van der Waals surface area contributed by atoms with Gasteiger partial charge in [-0.1, -0.05) is 19.4 Å². The minimum Gasteiger partial charge on any atom is -1.00 e. The highest BCUT2D eigenvalue weighted by atomic mass is 127. The molecule has 0 N–H and O–H groups in total. The van der Waals surface area contributed by atoms with E-state index < -0.39 is 0 Å². The Morgan fingerprint density at radius 3 is 2.52 bits per heavy atom. The number of pyridine rings is 2. The molecule has 4 heteroatoms. The standard InChI is InChI=1S/C27H28N3.HI/c1-2-6-20-7-12-26-21(17-20)8-10-24-19-29-25-13-11-23(28-15-4-3-5-16-28)18-22(25)9-14-27(29)30(24)26;/h7-14,17-19H,2-6,15-16H2,1H3;1H/q+1;/p-1. The van der Waals surface area contributed by atoms with E-state index in [1.165, 1.54) is 83.0 Å². The van der Waals surface area contributed by atoms with Gasteiger partial charge < -0.3 is 28.9 Å². The lowest BCUT2D eigenvalue weighted by molar-refractivity contribution is -0.479. The van der Waals surface area contributed by atoms with E-state index in [1.54, 1.807) is 0 Å². The highest BCUT2D eigenvalue weighted by Gasteiger charge is 2.18. The van der Waals surface area contributed by atoms with Gasteiger partial charge in [0.2, 0.25) is 0 Å². The first kappa shape index (κ1) is 20.6. The van der Waals surface area contributed by atoms with Crippen LogP contribution >= 0.6 is 0 Å². The quantitative estimate of drug-likeness (QED) is 0.263. The number of benzene rings is 2. The van der Waals surface area contributed by atoms with Crippen molar-refractivity contribution in [2.75, 3.05) is 18.0 Å². The Bertz CT molecular complexity index is 1400. The van der Waals surface area contributed by atoms with E-state index in [4.69, 9.17) is 0 Å². The third kappa shape index (κ3) is 3.45. The molecule has 158 valence electrons. The van der Waals surface area contributed by atoms with Crippen molar-refractivity contribution in [3.8, 4) is 0 Å². The van der Waals surface area contributed by atoms with Gasteiger partial charge in [0.15, 0.2) is 5.52 Å². The molecule has 2 aromatic carbocycles. The van der Waals surface area contributed by atoms with Crippen LogP contribution in [0.15, 0.2) is 66.9 Å². The zero-order valence-corrected chi connectivity index (χ0v) is 20.2. The number of aromatic nitrogens is 2. The molecule has 0 atom stereocenters. The molecule has 0 amide bonds. The smallest absolute Gasteiger partial charge is 0.292 e. The van der Waals surface area contributed by atoms with Crippen LogP contribution in [0.2, 0.25) is 0 Å². The molecule has 1 fully saturated rings. The van der Waals surface area contributed by atoms with Crippen molar-refractivity contribution in [3.05, 3.63) is 72.4 Å². The van der Waals surface area contributed by atoms with E-state index in [9.17, 15) is 0 Å². The van der Waals surface area contributed by atoms with Crippen LogP contribution in [-0.4, -0.2) is 17.5 Å². The third-order valence-electron chi connectivity index (χ3n) is 6.70. The summed E-state index contributed by atoms with van der Waals surface area (Å²) in [5.74, 6) is 0. The third-order valence-corrected chi connectivity index (χ3v) is 6.70. The molecule has 0 saturated carbocycles. The van der Waals surface area contributed by atoms with Crippen LogP contribution in [0.5, 0.6) is 0 Å². The van der Waals surface area contributed by atoms with Crippen molar-refractivity contribution in [2.24, 2.45) is 0 Å². The molecule has 0 unspecified atom stereocenters. The minimum atomic E-state index is 0. The molecule has 1 aliphatic rings. The van der Waals surface area contributed by atoms with Crippen molar-refractivity contribution >= 4 is 38.7 Å². The number of halogens is 1. The van der Waals surface area contributed by atoms with Crippen LogP contribution in [0.3, 0.4) is 0 Å². The van der Waals surface area contributed by atoms with Gasteiger partial charge in [-0.2, -0.15) is 8.80 Å². The van der Waals surface area contributed by atoms with Crippen LogP contribution in [0.4, 0.5) is 5.69 Å². The van der Waals surface area contributed by atoms with Gasteiger partial charge in [-0.3, -0.25) is 0 Å². The van der Waals surface area contributed by atoms with Gasteiger partial charge in [0.25, 0.3) is 5.65 Å². The number of nitrogens with zero attached hydrogens (tertiary/aromatic N) is 3. The Hall–Kier alpha value is -2.34. The lowest BCUT2D eigenvalue weighted by atomic mass is 10.1. The van der Waals surface area contributed by atoms with Gasteiger partial charge in [-0.15, -0.1) is 0 Å². The predicted molar refractivity (Wildman–Crippen MR) is 126 cm³/mol. The molecule has 4 heterocycles.